The second kappa shape index (κ2) is 7.30. The van der Waals surface area contributed by atoms with Crippen LogP contribution in [0, 0.1) is 0 Å². The first kappa shape index (κ1) is 16.9. The Morgan fingerprint density at radius 3 is 2.40 bits per heavy atom. The maximum Gasteiger partial charge on any atom is 0.224 e. The van der Waals surface area contributed by atoms with E-state index in [2.05, 4.69) is 9.88 Å². The molecule has 0 spiro atoms. The van der Waals surface area contributed by atoms with Gasteiger partial charge in [0.2, 0.25) is 5.91 Å². The summed E-state index contributed by atoms with van der Waals surface area (Å²) in [5, 5.41) is 4.08. The quantitative estimate of drug-likeness (QED) is 0.751. The van der Waals surface area contributed by atoms with Crippen LogP contribution in [0.5, 0.6) is 11.5 Å². The van der Waals surface area contributed by atoms with Gasteiger partial charge in [0, 0.05) is 30.7 Å². The molecule has 1 aromatic heterocycles. The predicted octanol–water partition coefficient (Wildman–Crippen LogP) is 3.05. The lowest BCUT2D eigenvalue weighted by Gasteiger charge is -2.06. The first-order chi connectivity index (χ1) is 12.1. The van der Waals surface area contributed by atoms with Gasteiger partial charge in [0.15, 0.2) is 0 Å². The zero-order chi connectivity index (χ0) is 17.8. The lowest BCUT2D eigenvalue weighted by Crippen LogP contribution is -2.24. The van der Waals surface area contributed by atoms with Crippen LogP contribution in [0.2, 0.25) is 0 Å². The largest absolute Gasteiger partial charge is 0.497 e. The highest BCUT2D eigenvalue weighted by atomic mass is 16.5. The zero-order valence-corrected chi connectivity index (χ0v) is 14.7. The van der Waals surface area contributed by atoms with Crippen LogP contribution in [0.4, 0.5) is 0 Å². The van der Waals surface area contributed by atoms with Crippen molar-refractivity contribution in [1.29, 1.82) is 0 Å². The van der Waals surface area contributed by atoms with E-state index < -0.39 is 0 Å². The molecule has 0 fully saturated rings. The van der Waals surface area contributed by atoms with Crippen LogP contribution < -0.4 is 14.8 Å². The molecule has 5 nitrogen and oxygen atoms in total. The molecule has 2 aromatic carbocycles. The molecule has 0 aliphatic heterocycles. The highest BCUT2D eigenvalue weighted by Gasteiger charge is 2.10. The molecule has 0 saturated carbocycles. The van der Waals surface area contributed by atoms with Crippen LogP contribution in [-0.2, 0) is 24.8 Å². The van der Waals surface area contributed by atoms with E-state index in [9.17, 15) is 4.79 Å². The smallest absolute Gasteiger partial charge is 0.224 e. The van der Waals surface area contributed by atoms with Crippen molar-refractivity contribution in [2.45, 2.75) is 13.0 Å². The minimum atomic E-state index is -0.00920. The fourth-order valence-corrected chi connectivity index (χ4v) is 2.91. The van der Waals surface area contributed by atoms with Gasteiger partial charge < -0.3 is 19.4 Å². The van der Waals surface area contributed by atoms with Gasteiger partial charge in [-0.3, -0.25) is 4.79 Å². The number of fused-ring (bicyclic) bond motifs is 1. The number of methoxy groups -OCH3 is 2. The number of carbonyl (C=O) groups excluding carboxylic acids is 1. The van der Waals surface area contributed by atoms with Crippen LogP contribution >= 0.6 is 0 Å². The van der Waals surface area contributed by atoms with Crippen LogP contribution in [-0.4, -0.2) is 24.7 Å². The minimum Gasteiger partial charge on any atom is -0.497 e. The maximum absolute atomic E-state index is 12.2. The zero-order valence-electron chi connectivity index (χ0n) is 14.7. The normalized spacial score (nSPS) is 10.7. The molecular weight excluding hydrogens is 316 g/mol. The summed E-state index contributed by atoms with van der Waals surface area (Å²) in [6.45, 7) is 0.486. The summed E-state index contributed by atoms with van der Waals surface area (Å²) in [5.74, 6) is 1.59. The minimum absolute atomic E-state index is 0.00920. The molecule has 0 aliphatic carbocycles. The van der Waals surface area contributed by atoms with Gasteiger partial charge in [0.1, 0.15) is 11.5 Å². The Morgan fingerprint density at radius 1 is 1.04 bits per heavy atom. The van der Waals surface area contributed by atoms with Gasteiger partial charge in [0.25, 0.3) is 0 Å². The second-order valence-electron chi connectivity index (χ2n) is 5.95. The highest BCUT2D eigenvalue weighted by molar-refractivity contribution is 5.86. The molecular formula is C20H22N2O3. The van der Waals surface area contributed by atoms with Gasteiger partial charge in [-0.05, 0) is 41.5 Å². The van der Waals surface area contributed by atoms with E-state index in [0.29, 0.717) is 13.0 Å². The number of aryl methyl sites for hydroxylation is 1. The fraction of sp³-hybridized carbons (Fsp3) is 0.250. The van der Waals surface area contributed by atoms with Gasteiger partial charge in [-0.2, -0.15) is 0 Å². The van der Waals surface area contributed by atoms with Crippen molar-refractivity contribution < 1.29 is 14.3 Å². The molecule has 5 heteroatoms. The molecule has 0 unspecified atom stereocenters. The van der Waals surface area contributed by atoms with Crippen molar-refractivity contribution in [2.75, 3.05) is 14.2 Å². The Morgan fingerprint density at radius 2 is 1.72 bits per heavy atom. The number of hydrogen-bond acceptors (Lipinski definition) is 3. The lowest BCUT2D eigenvalue weighted by atomic mass is 10.1. The van der Waals surface area contributed by atoms with Gasteiger partial charge in [-0.15, -0.1) is 0 Å². The van der Waals surface area contributed by atoms with Crippen molar-refractivity contribution in [3.63, 3.8) is 0 Å². The van der Waals surface area contributed by atoms with Gasteiger partial charge in [-0.25, -0.2) is 0 Å². The summed E-state index contributed by atoms with van der Waals surface area (Å²) in [6, 6.07) is 13.5. The van der Waals surface area contributed by atoms with E-state index in [1.165, 1.54) is 0 Å². The number of hydrogen-bond donors (Lipinski definition) is 1. The van der Waals surface area contributed by atoms with E-state index in [4.69, 9.17) is 9.47 Å². The van der Waals surface area contributed by atoms with Crippen molar-refractivity contribution in [1.82, 2.24) is 9.88 Å². The summed E-state index contributed by atoms with van der Waals surface area (Å²) in [7, 11) is 5.28. The Labute approximate surface area is 147 Å². The van der Waals surface area contributed by atoms with E-state index in [-0.39, 0.29) is 5.91 Å². The molecule has 1 heterocycles. The fourth-order valence-electron chi connectivity index (χ4n) is 2.91. The lowest BCUT2D eigenvalue weighted by molar-refractivity contribution is -0.120. The van der Waals surface area contributed by atoms with Crippen molar-refractivity contribution >= 4 is 16.8 Å². The van der Waals surface area contributed by atoms with Gasteiger partial charge >= 0.3 is 0 Å². The Balaban J connectivity index is 1.68. The average molecular weight is 338 g/mol. The summed E-state index contributed by atoms with van der Waals surface area (Å²) in [5.41, 5.74) is 3.14. The first-order valence-electron chi connectivity index (χ1n) is 8.12. The van der Waals surface area contributed by atoms with Crippen LogP contribution in [0.3, 0.4) is 0 Å². The third kappa shape index (κ3) is 3.76. The average Bonchev–Trinajstić information content (AvgIpc) is 2.96. The van der Waals surface area contributed by atoms with Crippen LogP contribution in [0.15, 0.2) is 48.7 Å². The number of benzene rings is 2. The third-order valence-electron chi connectivity index (χ3n) is 4.28. The summed E-state index contributed by atoms with van der Waals surface area (Å²) >= 11 is 0. The monoisotopic (exact) mass is 338 g/mol. The Kier molecular flexibility index (Phi) is 4.93. The molecule has 25 heavy (non-hydrogen) atoms. The summed E-state index contributed by atoms with van der Waals surface area (Å²) in [4.78, 5) is 12.2. The number of nitrogens with zero attached hydrogens (tertiary/aromatic N) is 1. The Bertz CT molecular complexity index is 882. The number of nitrogens with one attached hydrogen (secondary N) is 1. The van der Waals surface area contributed by atoms with E-state index in [0.717, 1.165) is 33.5 Å². The van der Waals surface area contributed by atoms with Gasteiger partial charge in [-0.1, -0.05) is 12.1 Å². The molecule has 1 N–H and O–H groups in total. The second-order valence-corrected chi connectivity index (χ2v) is 5.95. The first-order valence-corrected chi connectivity index (χ1v) is 8.12. The van der Waals surface area contributed by atoms with E-state index >= 15 is 0 Å². The van der Waals surface area contributed by atoms with E-state index in [1.807, 2.05) is 55.7 Å². The SMILES string of the molecule is COc1ccc(CC(=O)NCc2cn(C)c3ccc(OC)cc23)cc1. The summed E-state index contributed by atoms with van der Waals surface area (Å²) in [6.07, 6.45) is 2.38. The molecule has 0 aliphatic rings. The Hall–Kier alpha value is -2.95. The third-order valence-corrected chi connectivity index (χ3v) is 4.28. The number of aromatic nitrogens is 1. The van der Waals surface area contributed by atoms with Gasteiger partial charge in [0.05, 0.1) is 20.6 Å². The van der Waals surface area contributed by atoms with Crippen molar-refractivity contribution in [3.05, 3.63) is 59.8 Å². The number of carbonyl (C=O) groups is 1. The molecule has 0 bridgehead atoms. The maximum atomic E-state index is 12.2. The molecule has 0 saturated heterocycles. The molecule has 1 amide bonds. The van der Waals surface area contributed by atoms with Crippen LogP contribution in [0.1, 0.15) is 11.1 Å². The topological polar surface area (TPSA) is 52.5 Å². The number of amides is 1. The highest BCUT2D eigenvalue weighted by Crippen LogP contribution is 2.25. The molecule has 3 rings (SSSR count). The predicted molar refractivity (Wildman–Crippen MR) is 98.0 cm³/mol. The van der Waals surface area contributed by atoms with Crippen LogP contribution in [0.25, 0.3) is 10.9 Å². The number of ether oxygens (including phenoxy) is 2. The standard InChI is InChI=1S/C20H22N2O3/c1-22-13-15(18-11-17(25-3)8-9-19(18)22)12-21-20(23)10-14-4-6-16(24-2)7-5-14/h4-9,11,13H,10,12H2,1-3H3,(H,21,23). The molecule has 0 radical (unpaired) electrons. The molecule has 0 atom stereocenters. The van der Waals surface area contributed by atoms with Crippen molar-refractivity contribution in [3.8, 4) is 11.5 Å². The van der Waals surface area contributed by atoms with Crippen molar-refractivity contribution in [2.24, 2.45) is 7.05 Å². The summed E-state index contributed by atoms with van der Waals surface area (Å²) < 4.78 is 12.5. The van der Waals surface area contributed by atoms with E-state index in [1.54, 1.807) is 14.2 Å². The molecule has 130 valence electrons. The molecule has 3 aromatic rings. The number of rotatable bonds is 6.